The van der Waals surface area contributed by atoms with Gasteiger partial charge in [-0.1, -0.05) is 17.3 Å². The number of aromatic nitrogens is 1. The summed E-state index contributed by atoms with van der Waals surface area (Å²) in [6, 6.07) is 9.07. The molecule has 0 amide bonds. The highest BCUT2D eigenvalue weighted by Crippen LogP contribution is 2.36. The largest absolute Gasteiger partial charge is 0.373 e. The summed E-state index contributed by atoms with van der Waals surface area (Å²) in [4.78, 5) is 2.09. The van der Waals surface area contributed by atoms with E-state index in [2.05, 4.69) is 10.1 Å². The van der Waals surface area contributed by atoms with E-state index in [-0.39, 0.29) is 11.8 Å². The molecule has 0 fully saturated rings. The average Bonchev–Trinajstić information content (AvgIpc) is 2.92. The summed E-state index contributed by atoms with van der Waals surface area (Å²) in [6.07, 6.45) is 2.15. The topological polar surface area (TPSA) is 66.7 Å². The third-order valence-electron chi connectivity index (χ3n) is 3.93. The summed E-state index contributed by atoms with van der Waals surface area (Å²) in [7, 11) is -1.55. The van der Waals surface area contributed by atoms with E-state index < -0.39 is 10.0 Å². The van der Waals surface area contributed by atoms with Crippen LogP contribution >= 0.6 is 0 Å². The van der Waals surface area contributed by atoms with Crippen molar-refractivity contribution in [2.75, 3.05) is 22.8 Å². The Morgan fingerprint density at radius 3 is 2.68 bits per heavy atom. The van der Waals surface area contributed by atoms with E-state index in [1.807, 2.05) is 38.2 Å². The number of benzene rings is 1. The molecule has 0 spiro atoms. The fraction of sp³-hybridized carbons (Fsp3) is 0.400. The molecule has 3 rings (SSSR count). The van der Waals surface area contributed by atoms with Crippen LogP contribution in [-0.2, 0) is 15.8 Å². The lowest BCUT2D eigenvalue weighted by atomic mass is 10.2. The summed E-state index contributed by atoms with van der Waals surface area (Å²) in [6.45, 7) is 2.75. The number of hydrogen-bond donors (Lipinski definition) is 0. The Morgan fingerprint density at radius 2 is 2.00 bits per heavy atom. The third-order valence-corrected chi connectivity index (χ3v) is 5.75. The molecule has 1 unspecified atom stereocenters. The molecular weight excluding hydrogens is 302 g/mol. The van der Waals surface area contributed by atoms with Gasteiger partial charge in [0.05, 0.1) is 11.4 Å². The summed E-state index contributed by atoms with van der Waals surface area (Å²) < 4.78 is 32.1. The van der Waals surface area contributed by atoms with Crippen LogP contribution in [0.25, 0.3) is 0 Å². The maximum Gasteiger partial charge on any atom is 0.241 e. The standard InChI is InChI=1S/C15H19N3O3S/c1-12-7-9-17(2)14-5-3-4-6-15(14)18(12)22(19,20)11-13-8-10-21-16-13/h3-6,8,10,12H,7,9,11H2,1-2H3. The van der Waals surface area contributed by atoms with Crippen molar-refractivity contribution >= 4 is 21.4 Å². The molecule has 1 aromatic heterocycles. The Bertz CT molecular complexity index is 743. The van der Waals surface area contributed by atoms with Crippen LogP contribution in [0.15, 0.2) is 41.1 Å². The highest BCUT2D eigenvalue weighted by Gasteiger charge is 2.33. The fourth-order valence-corrected chi connectivity index (χ4v) is 4.59. The Hall–Kier alpha value is -2.02. The molecule has 1 aliphatic heterocycles. The number of rotatable bonds is 3. The van der Waals surface area contributed by atoms with Crippen LogP contribution < -0.4 is 9.21 Å². The fourth-order valence-electron chi connectivity index (χ4n) is 2.82. The summed E-state index contributed by atoms with van der Waals surface area (Å²) in [5.41, 5.74) is 2.07. The predicted octanol–water partition coefficient (Wildman–Crippen LogP) is 2.24. The maximum absolute atomic E-state index is 12.9. The van der Waals surface area contributed by atoms with Gasteiger partial charge in [0, 0.05) is 25.7 Å². The normalized spacial score (nSPS) is 18.9. The van der Waals surface area contributed by atoms with Gasteiger partial charge in [0.2, 0.25) is 10.0 Å². The van der Waals surface area contributed by atoms with E-state index in [0.717, 1.165) is 24.3 Å². The quantitative estimate of drug-likeness (QED) is 0.867. The molecular formula is C15H19N3O3S. The zero-order chi connectivity index (χ0) is 15.7. The minimum absolute atomic E-state index is 0.108. The van der Waals surface area contributed by atoms with Crippen molar-refractivity contribution in [3.8, 4) is 0 Å². The summed E-state index contributed by atoms with van der Waals surface area (Å²) in [5, 5.41) is 3.72. The first-order valence-corrected chi connectivity index (χ1v) is 8.81. The molecule has 0 saturated carbocycles. The number of hydrogen-bond acceptors (Lipinski definition) is 5. The van der Waals surface area contributed by atoms with E-state index in [1.54, 1.807) is 6.07 Å². The van der Waals surface area contributed by atoms with Crippen molar-refractivity contribution in [3.05, 3.63) is 42.3 Å². The Kier molecular flexibility index (Phi) is 3.82. The molecule has 1 atom stereocenters. The minimum Gasteiger partial charge on any atom is -0.373 e. The summed E-state index contributed by atoms with van der Waals surface area (Å²) >= 11 is 0. The van der Waals surface area contributed by atoms with Crippen molar-refractivity contribution in [2.45, 2.75) is 25.1 Å². The van der Waals surface area contributed by atoms with Gasteiger partial charge >= 0.3 is 0 Å². The molecule has 0 aliphatic carbocycles. The van der Waals surface area contributed by atoms with Gasteiger partial charge in [0.25, 0.3) is 0 Å². The van der Waals surface area contributed by atoms with Crippen LogP contribution in [0.1, 0.15) is 19.0 Å². The number of nitrogens with zero attached hydrogens (tertiary/aromatic N) is 3. The van der Waals surface area contributed by atoms with Gasteiger partial charge < -0.3 is 9.42 Å². The second kappa shape index (κ2) is 5.64. The van der Waals surface area contributed by atoms with E-state index >= 15 is 0 Å². The Morgan fingerprint density at radius 1 is 1.27 bits per heavy atom. The van der Waals surface area contributed by atoms with Gasteiger partial charge in [-0.15, -0.1) is 0 Å². The second-order valence-electron chi connectivity index (χ2n) is 5.59. The first-order valence-electron chi connectivity index (χ1n) is 7.20. The number of para-hydroxylation sites is 2. The van der Waals surface area contributed by atoms with Crippen molar-refractivity contribution in [2.24, 2.45) is 0 Å². The average molecular weight is 321 g/mol. The monoisotopic (exact) mass is 321 g/mol. The van der Waals surface area contributed by atoms with Crippen molar-refractivity contribution in [1.29, 1.82) is 0 Å². The van der Waals surface area contributed by atoms with Gasteiger partial charge in [-0.25, -0.2) is 8.42 Å². The van der Waals surface area contributed by atoms with Gasteiger partial charge in [-0.2, -0.15) is 0 Å². The molecule has 0 radical (unpaired) electrons. The zero-order valence-corrected chi connectivity index (χ0v) is 13.5. The molecule has 6 nitrogen and oxygen atoms in total. The third kappa shape index (κ3) is 2.68. The van der Waals surface area contributed by atoms with Gasteiger partial charge in [0.1, 0.15) is 17.7 Å². The number of sulfonamides is 1. The molecule has 1 aromatic carbocycles. The Balaban J connectivity index is 2.05. The van der Waals surface area contributed by atoms with Crippen LogP contribution in [0.3, 0.4) is 0 Å². The van der Waals surface area contributed by atoms with E-state index in [4.69, 9.17) is 4.52 Å². The second-order valence-corrected chi connectivity index (χ2v) is 7.44. The smallest absolute Gasteiger partial charge is 0.241 e. The van der Waals surface area contributed by atoms with E-state index in [1.165, 1.54) is 10.6 Å². The highest BCUT2D eigenvalue weighted by atomic mass is 32.2. The molecule has 1 aliphatic rings. The first-order chi connectivity index (χ1) is 10.5. The van der Waals surface area contributed by atoms with Crippen LogP contribution in [0.4, 0.5) is 11.4 Å². The lowest BCUT2D eigenvalue weighted by Crippen LogP contribution is -2.39. The van der Waals surface area contributed by atoms with Crippen LogP contribution in [-0.4, -0.2) is 33.2 Å². The Labute approximate surface area is 130 Å². The summed E-state index contributed by atoms with van der Waals surface area (Å²) in [5.74, 6) is -0.161. The molecule has 2 aromatic rings. The molecule has 7 heteroatoms. The lowest BCUT2D eigenvalue weighted by molar-refractivity contribution is 0.413. The lowest BCUT2D eigenvalue weighted by Gasteiger charge is -2.29. The molecule has 2 heterocycles. The zero-order valence-electron chi connectivity index (χ0n) is 12.6. The molecule has 0 saturated heterocycles. The maximum atomic E-state index is 12.9. The van der Waals surface area contributed by atoms with E-state index in [9.17, 15) is 8.42 Å². The predicted molar refractivity (Wildman–Crippen MR) is 85.4 cm³/mol. The first kappa shape index (κ1) is 14.9. The number of anilines is 2. The van der Waals surface area contributed by atoms with Crippen LogP contribution in [0, 0.1) is 0 Å². The molecule has 0 N–H and O–H groups in total. The molecule has 22 heavy (non-hydrogen) atoms. The number of fused-ring (bicyclic) bond motifs is 1. The van der Waals surface area contributed by atoms with Gasteiger partial charge in [-0.05, 0) is 25.5 Å². The van der Waals surface area contributed by atoms with Crippen LogP contribution in [0.2, 0.25) is 0 Å². The van der Waals surface area contributed by atoms with Gasteiger partial charge in [0.15, 0.2) is 0 Å². The van der Waals surface area contributed by atoms with Crippen molar-refractivity contribution in [3.63, 3.8) is 0 Å². The van der Waals surface area contributed by atoms with Crippen molar-refractivity contribution in [1.82, 2.24) is 5.16 Å². The van der Waals surface area contributed by atoms with Crippen LogP contribution in [0.5, 0.6) is 0 Å². The van der Waals surface area contributed by atoms with E-state index in [0.29, 0.717) is 5.69 Å². The highest BCUT2D eigenvalue weighted by molar-refractivity contribution is 7.92. The SMILES string of the molecule is CC1CCN(C)c2ccccc2N1S(=O)(=O)Cc1ccon1. The molecule has 118 valence electrons. The molecule has 0 bridgehead atoms. The minimum atomic E-state index is -3.53. The van der Waals surface area contributed by atoms with Crippen molar-refractivity contribution < 1.29 is 12.9 Å². The van der Waals surface area contributed by atoms with Gasteiger partial charge in [-0.3, -0.25) is 4.31 Å².